The van der Waals surface area contributed by atoms with Crippen LogP contribution in [0, 0.1) is 0 Å². The van der Waals surface area contributed by atoms with Crippen LogP contribution < -0.4 is 10.4 Å². The highest BCUT2D eigenvalue weighted by Crippen LogP contribution is 2.22. The smallest absolute Gasteiger partial charge is 0.256 e. The Labute approximate surface area is 124 Å². The van der Waals surface area contributed by atoms with E-state index in [1.54, 1.807) is 48.3 Å². The van der Waals surface area contributed by atoms with E-state index in [-0.39, 0.29) is 5.91 Å². The zero-order valence-electron chi connectivity index (χ0n) is 12.7. The minimum absolute atomic E-state index is 0.217. The summed E-state index contributed by atoms with van der Waals surface area (Å²) in [6, 6.07) is 8.50. The highest BCUT2D eigenvalue weighted by atomic mass is 16.5. The lowest BCUT2D eigenvalue weighted by Gasteiger charge is -2.31. The second-order valence-corrected chi connectivity index (χ2v) is 5.82. The molecule has 0 atom stereocenters. The minimum atomic E-state index is -0.404. The van der Waals surface area contributed by atoms with Crippen LogP contribution in [0.2, 0.25) is 0 Å². The average molecular weight is 288 g/mol. The van der Waals surface area contributed by atoms with Gasteiger partial charge in [-0.25, -0.2) is 0 Å². The number of aryl methyl sites for hydroxylation is 1. The number of rotatable bonds is 3. The molecule has 21 heavy (non-hydrogen) atoms. The number of hydroxylamine groups is 1. The van der Waals surface area contributed by atoms with Gasteiger partial charge in [-0.15, -0.1) is 0 Å². The van der Waals surface area contributed by atoms with E-state index in [1.165, 1.54) is 5.06 Å². The summed E-state index contributed by atoms with van der Waals surface area (Å²) in [5.41, 5.74) is 0.750. The van der Waals surface area contributed by atoms with Crippen molar-refractivity contribution in [2.45, 2.75) is 26.3 Å². The number of nitrogens with one attached hydrogen (secondary N) is 1. The standard InChI is InChI=1S/C15H20N4O2/c1-15(2,3)19(21)12-7-5-11(6-8-12)14(20)17-13-9-10-16-18(13)4/h5-10,21H,1-4H3,(H,17,20). The predicted octanol–water partition coefficient (Wildman–Crippen LogP) is 2.67. The fourth-order valence-electron chi connectivity index (χ4n) is 1.83. The number of aromatic nitrogens is 2. The first-order valence-electron chi connectivity index (χ1n) is 6.67. The molecule has 0 fully saturated rings. The molecule has 0 aliphatic heterocycles. The van der Waals surface area contributed by atoms with Crippen molar-refractivity contribution in [2.75, 3.05) is 10.4 Å². The Morgan fingerprint density at radius 1 is 1.24 bits per heavy atom. The largest absolute Gasteiger partial charge is 0.307 e. The molecule has 1 aromatic heterocycles. The van der Waals surface area contributed by atoms with Gasteiger partial charge in [-0.3, -0.25) is 19.7 Å². The topological polar surface area (TPSA) is 70.4 Å². The molecular weight excluding hydrogens is 268 g/mol. The van der Waals surface area contributed by atoms with E-state index >= 15 is 0 Å². The lowest BCUT2D eigenvalue weighted by molar-refractivity contribution is 0.102. The molecule has 6 nitrogen and oxygen atoms in total. The molecular formula is C15H20N4O2. The van der Waals surface area contributed by atoms with E-state index < -0.39 is 5.54 Å². The average Bonchev–Trinajstić information content (AvgIpc) is 2.82. The number of anilines is 2. The summed E-state index contributed by atoms with van der Waals surface area (Å²) >= 11 is 0. The Morgan fingerprint density at radius 3 is 2.33 bits per heavy atom. The molecule has 112 valence electrons. The molecule has 0 spiro atoms. The van der Waals surface area contributed by atoms with Crippen LogP contribution in [0.15, 0.2) is 36.5 Å². The predicted molar refractivity (Wildman–Crippen MR) is 81.6 cm³/mol. The Bertz CT molecular complexity index is 626. The monoisotopic (exact) mass is 288 g/mol. The molecule has 2 N–H and O–H groups in total. The second kappa shape index (κ2) is 5.57. The van der Waals surface area contributed by atoms with Crippen molar-refractivity contribution in [1.82, 2.24) is 9.78 Å². The summed E-state index contributed by atoms with van der Waals surface area (Å²) in [5.74, 6) is 0.410. The lowest BCUT2D eigenvalue weighted by Crippen LogP contribution is -2.38. The van der Waals surface area contributed by atoms with E-state index in [0.717, 1.165) is 0 Å². The second-order valence-electron chi connectivity index (χ2n) is 5.82. The Balaban J connectivity index is 2.12. The highest BCUT2D eigenvalue weighted by molar-refractivity contribution is 6.03. The number of carbonyl (C=O) groups is 1. The van der Waals surface area contributed by atoms with Gasteiger partial charge in [-0.2, -0.15) is 5.10 Å². The highest BCUT2D eigenvalue weighted by Gasteiger charge is 2.20. The van der Waals surface area contributed by atoms with Gasteiger partial charge in [0, 0.05) is 18.7 Å². The molecule has 0 saturated heterocycles. The summed E-state index contributed by atoms with van der Waals surface area (Å²) in [6.07, 6.45) is 1.62. The molecule has 2 aromatic rings. The zero-order chi connectivity index (χ0) is 15.6. The van der Waals surface area contributed by atoms with Gasteiger partial charge < -0.3 is 5.32 Å². The molecule has 2 rings (SSSR count). The maximum atomic E-state index is 12.1. The fraction of sp³-hybridized carbons (Fsp3) is 0.333. The SMILES string of the molecule is Cn1nccc1NC(=O)c1ccc(N(O)C(C)(C)C)cc1. The number of carbonyl (C=O) groups excluding carboxylic acids is 1. The summed E-state index contributed by atoms with van der Waals surface area (Å²) in [4.78, 5) is 12.1. The first-order valence-corrected chi connectivity index (χ1v) is 6.67. The van der Waals surface area contributed by atoms with Crippen molar-refractivity contribution < 1.29 is 10.0 Å². The van der Waals surface area contributed by atoms with Gasteiger partial charge in [-0.05, 0) is 45.0 Å². The number of benzene rings is 1. The number of hydrogen-bond acceptors (Lipinski definition) is 4. The molecule has 0 radical (unpaired) electrons. The van der Waals surface area contributed by atoms with Crippen LogP contribution in [-0.2, 0) is 7.05 Å². The Kier molecular flexibility index (Phi) is 3.99. The van der Waals surface area contributed by atoms with Gasteiger partial charge in [0.1, 0.15) is 5.82 Å². The molecule has 1 heterocycles. The van der Waals surface area contributed by atoms with Gasteiger partial charge in [0.2, 0.25) is 0 Å². The van der Waals surface area contributed by atoms with Gasteiger partial charge in [-0.1, -0.05) is 0 Å². The number of hydrogen-bond donors (Lipinski definition) is 2. The van der Waals surface area contributed by atoms with Crippen molar-refractivity contribution >= 4 is 17.4 Å². The van der Waals surface area contributed by atoms with E-state index in [0.29, 0.717) is 17.1 Å². The maximum absolute atomic E-state index is 12.1. The van der Waals surface area contributed by atoms with Crippen LogP contribution in [0.3, 0.4) is 0 Å². The van der Waals surface area contributed by atoms with Crippen molar-refractivity contribution in [1.29, 1.82) is 0 Å². The van der Waals surface area contributed by atoms with Gasteiger partial charge >= 0.3 is 0 Å². The Hall–Kier alpha value is -2.34. The van der Waals surface area contributed by atoms with Crippen molar-refractivity contribution in [3.63, 3.8) is 0 Å². The van der Waals surface area contributed by atoms with Crippen LogP contribution in [-0.4, -0.2) is 26.4 Å². The van der Waals surface area contributed by atoms with Crippen LogP contribution in [0.1, 0.15) is 31.1 Å². The third-order valence-electron chi connectivity index (χ3n) is 3.07. The molecule has 1 amide bonds. The summed E-state index contributed by atoms with van der Waals surface area (Å²) < 4.78 is 1.58. The number of nitrogens with zero attached hydrogens (tertiary/aromatic N) is 3. The molecule has 0 saturated carbocycles. The Morgan fingerprint density at radius 2 is 1.86 bits per heavy atom. The van der Waals surface area contributed by atoms with Crippen LogP contribution >= 0.6 is 0 Å². The van der Waals surface area contributed by atoms with Crippen molar-refractivity contribution in [2.24, 2.45) is 7.05 Å². The van der Waals surface area contributed by atoms with Crippen LogP contribution in [0.25, 0.3) is 0 Å². The third-order valence-corrected chi connectivity index (χ3v) is 3.07. The normalized spacial score (nSPS) is 11.3. The maximum Gasteiger partial charge on any atom is 0.256 e. The lowest BCUT2D eigenvalue weighted by atomic mass is 10.1. The zero-order valence-corrected chi connectivity index (χ0v) is 12.7. The van der Waals surface area contributed by atoms with Crippen LogP contribution in [0.5, 0.6) is 0 Å². The quantitative estimate of drug-likeness (QED) is 0.852. The minimum Gasteiger partial charge on any atom is -0.307 e. The summed E-state index contributed by atoms with van der Waals surface area (Å²) in [7, 11) is 1.76. The van der Waals surface area contributed by atoms with Gasteiger partial charge in [0.05, 0.1) is 17.4 Å². The van der Waals surface area contributed by atoms with Crippen LogP contribution in [0.4, 0.5) is 11.5 Å². The first kappa shape index (κ1) is 15.1. The van der Waals surface area contributed by atoms with Crippen molar-refractivity contribution in [3.8, 4) is 0 Å². The fourth-order valence-corrected chi connectivity index (χ4v) is 1.83. The third kappa shape index (κ3) is 3.41. The van der Waals surface area contributed by atoms with E-state index in [9.17, 15) is 10.0 Å². The van der Waals surface area contributed by atoms with E-state index in [1.807, 2.05) is 20.8 Å². The molecule has 0 aliphatic carbocycles. The molecule has 0 bridgehead atoms. The number of amides is 1. The summed E-state index contributed by atoms with van der Waals surface area (Å²) in [6.45, 7) is 5.70. The van der Waals surface area contributed by atoms with Gasteiger partial charge in [0.15, 0.2) is 0 Å². The first-order chi connectivity index (χ1) is 9.79. The molecule has 1 aromatic carbocycles. The molecule has 6 heteroatoms. The van der Waals surface area contributed by atoms with Crippen molar-refractivity contribution in [3.05, 3.63) is 42.1 Å². The molecule has 0 aliphatic rings. The van der Waals surface area contributed by atoms with Gasteiger partial charge in [0.25, 0.3) is 5.91 Å². The summed E-state index contributed by atoms with van der Waals surface area (Å²) in [5, 5.41) is 18.0. The van der Waals surface area contributed by atoms with E-state index in [4.69, 9.17) is 0 Å². The molecule has 0 unspecified atom stereocenters. The van der Waals surface area contributed by atoms with E-state index in [2.05, 4.69) is 10.4 Å².